The van der Waals surface area contributed by atoms with Crippen LogP contribution in [0.5, 0.6) is 5.75 Å². The third kappa shape index (κ3) is 6.68. The molecule has 2 fully saturated rings. The van der Waals surface area contributed by atoms with Crippen molar-refractivity contribution in [1.82, 2.24) is 18.8 Å². The first kappa shape index (κ1) is 27.5. The first-order chi connectivity index (χ1) is 17.7. The zero-order valence-electron chi connectivity index (χ0n) is 21.0. The van der Waals surface area contributed by atoms with Gasteiger partial charge >= 0.3 is 0 Å². The Morgan fingerprint density at radius 1 is 0.811 bits per heavy atom. The highest BCUT2D eigenvalue weighted by atomic mass is 32.2. The van der Waals surface area contributed by atoms with Crippen LogP contribution in [0.1, 0.15) is 29.6 Å². The van der Waals surface area contributed by atoms with Gasteiger partial charge in [-0.15, -0.1) is 0 Å². The van der Waals surface area contributed by atoms with Crippen molar-refractivity contribution in [3.8, 4) is 5.75 Å². The number of hydrogen-bond donors (Lipinski definition) is 1. The second kappa shape index (κ2) is 11.9. The molecule has 37 heavy (non-hydrogen) atoms. The van der Waals surface area contributed by atoms with Crippen LogP contribution in [-0.2, 0) is 20.0 Å². The number of sulfonamides is 2. The summed E-state index contributed by atoms with van der Waals surface area (Å²) in [5.74, 6) is 0.0918. The summed E-state index contributed by atoms with van der Waals surface area (Å²) in [7, 11) is -5.21. The van der Waals surface area contributed by atoms with E-state index in [2.05, 4.69) is 10.2 Å². The van der Waals surface area contributed by atoms with Gasteiger partial charge in [-0.05, 0) is 62.4 Å². The van der Waals surface area contributed by atoms with Gasteiger partial charge in [0, 0.05) is 44.8 Å². The van der Waals surface area contributed by atoms with Gasteiger partial charge in [0.05, 0.1) is 16.3 Å². The van der Waals surface area contributed by atoms with Crippen molar-refractivity contribution < 1.29 is 26.4 Å². The Morgan fingerprint density at radius 3 is 2.11 bits per heavy atom. The number of likely N-dealkylation sites (N-methyl/N-ethyl adjacent to an activating group) is 1. The van der Waals surface area contributed by atoms with Crippen molar-refractivity contribution in [2.75, 3.05) is 59.5 Å². The molecule has 0 aliphatic carbocycles. The van der Waals surface area contributed by atoms with Crippen LogP contribution in [0.25, 0.3) is 0 Å². The molecule has 2 saturated heterocycles. The molecule has 2 heterocycles. The Balaban J connectivity index is 1.28. The molecular formula is C25H34N4O6S2. The van der Waals surface area contributed by atoms with E-state index in [9.17, 15) is 21.6 Å². The van der Waals surface area contributed by atoms with E-state index in [1.165, 1.54) is 32.9 Å². The van der Waals surface area contributed by atoms with Gasteiger partial charge in [-0.3, -0.25) is 4.79 Å². The Labute approximate surface area is 219 Å². The van der Waals surface area contributed by atoms with Gasteiger partial charge in [-0.25, -0.2) is 16.8 Å². The van der Waals surface area contributed by atoms with Crippen molar-refractivity contribution >= 4 is 26.0 Å². The fourth-order valence-electron chi connectivity index (χ4n) is 4.37. The third-order valence-electron chi connectivity index (χ3n) is 6.63. The fourth-order valence-corrected chi connectivity index (χ4v) is 7.36. The number of rotatable bonds is 9. The highest BCUT2D eigenvalue weighted by Crippen LogP contribution is 2.23. The number of nitrogens with zero attached hydrogens (tertiary/aromatic N) is 3. The molecule has 2 aliphatic rings. The maximum atomic E-state index is 13.0. The van der Waals surface area contributed by atoms with E-state index in [-0.39, 0.29) is 28.5 Å². The highest BCUT2D eigenvalue weighted by Gasteiger charge is 2.28. The van der Waals surface area contributed by atoms with Crippen LogP contribution in [0.3, 0.4) is 0 Å². The van der Waals surface area contributed by atoms with Crippen LogP contribution in [0, 0.1) is 0 Å². The average Bonchev–Trinajstić information content (AvgIpc) is 2.92. The lowest BCUT2D eigenvalue weighted by atomic mass is 10.2. The zero-order chi connectivity index (χ0) is 26.5. The lowest BCUT2D eigenvalue weighted by molar-refractivity contribution is 0.0946. The molecule has 4 rings (SSSR count). The molecule has 202 valence electrons. The number of nitrogens with one attached hydrogen (secondary N) is 1. The van der Waals surface area contributed by atoms with E-state index in [1.54, 1.807) is 24.3 Å². The Morgan fingerprint density at radius 2 is 1.43 bits per heavy atom. The number of ether oxygens (including phenoxy) is 1. The number of benzene rings is 2. The molecule has 0 bridgehead atoms. The van der Waals surface area contributed by atoms with E-state index < -0.39 is 26.0 Å². The minimum atomic E-state index is -3.67. The molecule has 12 heteroatoms. The largest absolute Gasteiger partial charge is 0.492 e. The predicted molar refractivity (Wildman–Crippen MR) is 140 cm³/mol. The standard InChI is InChI=1S/C25H34N4O6S2/c1-27-15-17-29(18-16-27)37(33,34)24-7-5-6-21(20-24)25(30)26-12-19-35-22-8-10-23(11-9-22)36(31,32)28-13-3-2-4-14-28/h5-11,20H,2-4,12-19H2,1H3,(H,26,30). The lowest BCUT2D eigenvalue weighted by Crippen LogP contribution is -2.47. The molecule has 2 aliphatic heterocycles. The molecule has 0 saturated carbocycles. The minimum absolute atomic E-state index is 0.0977. The monoisotopic (exact) mass is 550 g/mol. The van der Waals surface area contributed by atoms with Gasteiger partial charge in [0.1, 0.15) is 12.4 Å². The van der Waals surface area contributed by atoms with Crippen LogP contribution in [0.15, 0.2) is 58.3 Å². The Bertz CT molecular complexity index is 1280. The summed E-state index contributed by atoms with van der Waals surface area (Å²) in [6, 6.07) is 12.3. The minimum Gasteiger partial charge on any atom is -0.492 e. The predicted octanol–water partition coefficient (Wildman–Crippen LogP) is 1.61. The molecule has 0 radical (unpaired) electrons. The van der Waals surface area contributed by atoms with Crippen LogP contribution in [0.2, 0.25) is 0 Å². The SMILES string of the molecule is CN1CCN(S(=O)(=O)c2cccc(C(=O)NCCOc3ccc(S(=O)(=O)N4CCCCC4)cc3)c2)CC1. The zero-order valence-corrected chi connectivity index (χ0v) is 22.6. The summed E-state index contributed by atoms with van der Waals surface area (Å²) in [5.41, 5.74) is 0.252. The average molecular weight is 551 g/mol. The number of piperidine rings is 1. The summed E-state index contributed by atoms with van der Waals surface area (Å²) in [6.07, 6.45) is 2.81. The lowest BCUT2D eigenvalue weighted by Gasteiger charge is -2.31. The van der Waals surface area contributed by atoms with Crippen LogP contribution in [0.4, 0.5) is 0 Å². The smallest absolute Gasteiger partial charge is 0.251 e. The maximum absolute atomic E-state index is 13.0. The summed E-state index contributed by atoms with van der Waals surface area (Å²) < 4.78 is 60.1. The number of piperazine rings is 1. The van der Waals surface area contributed by atoms with Crippen molar-refractivity contribution in [3.63, 3.8) is 0 Å². The molecule has 10 nitrogen and oxygen atoms in total. The van der Waals surface area contributed by atoms with Gasteiger partial charge in [-0.1, -0.05) is 12.5 Å². The number of carbonyl (C=O) groups is 1. The molecular weight excluding hydrogens is 516 g/mol. The Kier molecular flexibility index (Phi) is 8.86. The Hall–Kier alpha value is -2.51. The van der Waals surface area contributed by atoms with Gasteiger partial charge in [0.25, 0.3) is 5.91 Å². The molecule has 2 aromatic carbocycles. The topological polar surface area (TPSA) is 116 Å². The van der Waals surface area contributed by atoms with Crippen molar-refractivity contribution in [1.29, 1.82) is 0 Å². The van der Waals surface area contributed by atoms with Crippen LogP contribution < -0.4 is 10.1 Å². The molecule has 1 N–H and O–H groups in total. The van der Waals surface area contributed by atoms with E-state index in [0.29, 0.717) is 45.0 Å². The number of carbonyl (C=O) groups excluding carboxylic acids is 1. The third-order valence-corrected chi connectivity index (χ3v) is 10.4. The van der Waals surface area contributed by atoms with E-state index in [4.69, 9.17) is 4.74 Å². The van der Waals surface area contributed by atoms with E-state index in [1.807, 2.05) is 7.05 Å². The van der Waals surface area contributed by atoms with Crippen molar-refractivity contribution in [3.05, 3.63) is 54.1 Å². The van der Waals surface area contributed by atoms with E-state index in [0.717, 1.165) is 19.3 Å². The second-order valence-corrected chi connectivity index (χ2v) is 13.2. The molecule has 2 aromatic rings. The molecule has 0 aromatic heterocycles. The summed E-state index contributed by atoms with van der Waals surface area (Å²) in [5, 5.41) is 2.73. The van der Waals surface area contributed by atoms with Gasteiger partial charge < -0.3 is 15.0 Å². The molecule has 0 spiro atoms. The van der Waals surface area contributed by atoms with Gasteiger partial charge in [0.2, 0.25) is 20.0 Å². The molecule has 0 atom stereocenters. The normalized spacial score (nSPS) is 18.4. The maximum Gasteiger partial charge on any atom is 0.251 e. The highest BCUT2D eigenvalue weighted by molar-refractivity contribution is 7.89. The summed E-state index contributed by atoms with van der Waals surface area (Å²) in [4.78, 5) is 15.0. The first-order valence-electron chi connectivity index (χ1n) is 12.5. The first-order valence-corrected chi connectivity index (χ1v) is 15.4. The fraction of sp³-hybridized carbons (Fsp3) is 0.480. The number of hydrogen-bond acceptors (Lipinski definition) is 7. The van der Waals surface area contributed by atoms with Crippen LogP contribution in [-0.4, -0.2) is 95.7 Å². The van der Waals surface area contributed by atoms with Gasteiger partial charge in [-0.2, -0.15) is 8.61 Å². The molecule has 1 amide bonds. The second-order valence-electron chi connectivity index (χ2n) is 9.28. The van der Waals surface area contributed by atoms with E-state index >= 15 is 0 Å². The molecule has 0 unspecified atom stereocenters. The summed E-state index contributed by atoms with van der Waals surface area (Å²) in [6.45, 7) is 3.61. The quantitative estimate of drug-likeness (QED) is 0.472. The van der Waals surface area contributed by atoms with Crippen molar-refractivity contribution in [2.24, 2.45) is 0 Å². The summed E-state index contributed by atoms with van der Waals surface area (Å²) >= 11 is 0. The van der Waals surface area contributed by atoms with Crippen LogP contribution >= 0.6 is 0 Å². The van der Waals surface area contributed by atoms with Crippen molar-refractivity contribution in [2.45, 2.75) is 29.1 Å². The van der Waals surface area contributed by atoms with Gasteiger partial charge in [0.15, 0.2) is 0 Å². The number of amides is 1.